The molecule has 0 amide bonds. The molecule has 0 aliphatic rings. The molecule has 0 saturated heterocycles. The van der Waals surface area contributed by atoms with Gasteiger partial charge in [0.25, 0.3) is 0 Å². The zero-order chi connectivity index (χ0) is 20.0. The summed E-state index contributed by atoms with van der Waals surface area (Å²) in [4.78, 5) is 38.8. The van der Waals surface area contributed by atoms with Gasteiger partial charge >= 0.3 is 23.9 Å². The molecule has 0 bridgehead atoms. The largest absolute Gasteiger partial charge is 0.412 e. The van der Waals surface area contributed by atoms with Crippen LogP contribution < -0.4 is 22.9 Å². The molecule has 152 valence electrons. The Balaban J connectivity index is -0.0000000702. The number of nitrogens with two attached hydrogens (primary N) is 4. The highest BCUT2D eigenvalue weighted by Gasteiger charge is 1.92. The van der Waals surface area contributed by atoms with Gasteiger partial charge in [0.1, 0.15) is 47.5 Å². The molecule has 0 fully saturated rings. The van der Waals surface area contributed by atoms with E-state index in [1.54, 1.807) is 0 Å². The van der Waals surface area contributed by atoms with Crippen molar-refractivity contribution >= 4 is 71.3 Å². The first kappa shape index (κ1) is 35.0. The molecule has 0 aromatic heterocycles. The molecule has 0 spiro atoms. The minimum absolute atomic E-state index is 0. The Morgan fingerprint density at radius 2 is 0.640 bits per heavy atom. The summed E-state index contributed by atoms with van der Waals surface area (Å²) in [6.07, 6.45) is 0. The maximum absolute atomic E-state index is 9.70. The Morgan fingerprint density at radius 1 is 0.520 bits per heavy atom. The Morgan fingerprint density at radius 3 is 0.640 bits per heavy atom. The van der Waals surface area contributed by atoms with Gasteiger partial charge in [-0.15, -0.1) is 0 Å². The normalized spacial score (nSPS) is 7.36. The lowest BCUT2D eigenvalue weighted by molar-refractivity contribution is -0.133. The third-order valence-electron chi connectivity index (χ3n) is 1.01. The summed E-state index contributed by atoms with van der Waals surface area (Å²) in [7, 11) is 0. The van der Waals surface area contributed by atoms with E-state index in [1.165, 1.54) is 0 Å². The third kappa shape index (κ3) is 45.0. The number of hydrogen-bond acceptors (Lipinski definition) is 12. The summed E-state index contributed by atoms with van der Waals surface area (Å²) >= 11 is 18.1. The fourth-order valence-electron chi connectivity index (χ4n) is 0.126. The van der Waals surface area contributed by atoms with Crippen LogP contribution in [0.4, 0.5) is 0 Å². The van der Waals surface area contributed by atoms with Crippen LogP contribution >= 0.6 is 47.5 Å². The van der Waals surface area contributed by atoms with E-state index < -0.39 is 23.9 Å². The smallest absolute Gasteiger partial charge is 0.338 e. The van der Waals surface area contributed by atoms with Crippen molar-refractivity contribution in [1.82, 2.24) is 0 Å². The SMILES string of the molecule is NCC(=O)OCl.NCC(=O)OCl.NCC(=O)OCl.NCC(=O)OCl.O. The quantitative estimate of drug-likeness (QED) is 0.351. The van der Waals surface area contributed by atoms with Gasteiger partial charge in [0, 0.05) is 0 Å². The highest BCUT2D eigenvalue weighted by atomic mass is 35.5. The van der Waals surface area contributed by atoms with E-state index in [0.717, 1.165) is 0 Å². The molecule has 0 unspecified atom stereocenters. The van der Waals surface area contributed by atoms with Crippen LogP contribution in [0.2, 0.25) is 0 Å². The van der Waals surface area contributed by atoms with E-state index in [0.29, 0.717) is 0 Å². The van der Waals surface area contributed by atoms with E-state index in [2.05, 4.69) is 64.6 Å². The van der Waals surface area contributed by atoms with Crippen LogP contribution in [0.5, 0.6) is 0 Å². The predicted molar refractivity (Wildman–Crippen MR) is 87.6 cm³/mol. The number of rotatable bonds is 4. The van der Waals surface area contributed by atoms with Crippen LogP contribution in [-0.4, -0.2) is 55.5 Å². The standard InChI is InChI=1S/4C2H4ClNO2.H2O/c4*3-6-2(5)1-4;/h4*1,4H2;1H2. The van der Waals surface area contributed by atoms with Gasteiger partial charge in [-0.05, 0) is 0 Å². The molecular weight excluding hydrogens is 438 g/mol. The first-order valence-corrected chi connectivity index (χ1v) is 6.53. The van der Waals surface area contributed by atoms with Gasteiger partial charge in [-0.25, -0.2) is 19.2 Å². The zero-order valence-electron chi connectivity index (χ0n) is 12.4. The summed E-state index contributed by atoms with van der Waals surface area (Å²) < 4.78 is 14.4. The molecule has 0 heterocycles. The predicted octanol–water partition coefficient (Wildman–Crippen LogP) is -2.26. The van der Waals surface area contributed by atoms with Gasteiger partial charge in [-0.3, -0.25) is 0 Å². The molecular formula is C8H18Cl4N4O9. The Bertz CT molecular complexity index is 264. The van der Waals surface area contributed by atoms with Crippen LogP contribution in [0.25, 0.3) is 0 Å². The monoisotopic (exact) mass is 454 g/mol. The second-order valence-corrected chi connectivity index (χ2v) is 3.23. The van der Waals surface area contributed by atoms with Crippen molar-refractivity contribution in [3.63, 3.8) is 0 Å². The van der Waals surface area contributed by atoms with Crippen LogP contribution in [0.3, 0.4) is 0 Å². The number of halogens is 4. The van der Waals surface area contributed by atoms with Gasteiger partial charge < -0.3 is 45.6 Å². The van der Waals surface area contributed by atoms with E-state index in [9.17, 15) is 19.2 Å². The Labute approximate surface area is 162 Å². The van der Waals surface area contributed by atoms with Crippen molar-refractivity contribution in [3.8, 4) is 0 Å². The van der Waals surface area contributed by atoms with E-state index >= 15 is 0 Å². The fraction of sp³-hybridized carbons (Fsp3) is 0.500. The van der Waals surface area contributed by atoms with Crippen LogP contribution in [-0.2, 0) is 36.3 Å². The molecule has 0 aromatic rings. The molecule has 13 nitrogen and oxygen atoms in total. The minimum atomic E-state index is -0.614. The lowest BCUT2D eigenvalue weighted by atomic mass is 10.7. The average Bonchev–Trinajstić information content (AvgIpc) is 2.66. The fourth-order valence-corrected chi connectivity index (χ4v) is 0.378. The molecule has 17 heteroatoms. The molecule has 0 aliphatic carbocycles. The highest BCUT2D eigenvalue weighted by molar-refractivity contribution is 6.14. The van der Waals surface area contributed by atoms with Gasteiger partial charge in [0.15, 0.2) is 0 Å². The molecule has 10 N–H and O–H groups in total. The summed E-state index contributed by atoms with van der Waals surface area (Å²) in [6.45, 7) is -0.653. The molecule has 0 radical (unpaired) electrons. The van der Waals surface area contributed by atoms with Gasteiger partial charge in [-0.1, -0.05) is 0 Å². The first-order valence-electron chi connectivity index (χ1n) is 5.30. The van der Waals surface area contributed by atoms with Crippen LogP contribution in [0.15, 0.2) is 0 Å². The third-order valence-corrected chi connectivity index (χ3v) is 1.70. The Kier molecular flexibility index (Phi) is 43.0. The summed E-state index contributed by atoms with van der Waals surface area (Å²) in [5, 5.41) is 0. The van der Waals surface area contributed by atoms with Crippen molar-refractivity contribution in [2.24, 2.45) is 22.9 Å². The minimum Gasteiger partial charge on any atom is -0.412 e. The van der Waals surface area contributed by atoms with Crippen molar-refractivity contribution in [3.05, 3.63) is 0 Å². The van der Waals surface area contributed by atoms with Crippen molar-refractivity contribution in [2.75, 3.05) is 26.2 Å². The second kappa shape index (κ2) is 30.7. The number of hydrogen-bond donors (Lipinski definition) is 4. The summed E-state index contributed by atoms with van der Waals surface area (Å²) in [5.41, 5.74) is 18.9. The van der Waals surface area contributed by atoms with Crippen LogP contribution in [0, 0.1) is 0 Å². The van der Waals surface area contributed by atoms with E-state index in [1.807, 2.05) is 0 Å². The number of carbonyl (C=O) groups excluding carboxylic acids is 4. The molecule has 0 aromatic carbocycles. The molecule has 0 aliphatic heterocycles. The number of carbonyl (C=O) groups is 4. The molecule has 0 saturated carbocycles. The van der Waals surface area contributed by atoms with E-state index in [-0.39, 0.29) is 31.7 Å². The molecule has 0 atom stereocenters. The van der Waals surface area contributed by atoms with Crippen LogP contribution in [0.1, 0.15) is 0 Å². The summed E-state index contributed by atoms with van der Waals surface area (Å²) in [6, 6.07) is 0. The van der Waals surface area contributed by atoms with Crippen molar-refractivity contribution in [1.29, 1.82) is 0 Å². The maximum Gasteiger partial charge on any atom is 0.338 e. The maximum atomic E-state index is 9.70. The van der Waals surface area contributed by atoms with Gasteiger partial charge in [0.05, 0.1) is 26.2 Å². The zero-order valence-corrected chi connectivity index (χ0v) is 15.4. The molecule has 0 rings (SSSR count). The topological polar surface area (TPSA) is 241 Å². The molecule has 25 heavy (non-hydrogen) atoms. The lowest BCUT2D eigenvalue weighted by Gasteiger charge is -1.82. The van der Waals surface area contributed by atoms with Gasteiger partial charge in [-0.2, -0.15) is 0 Å². The Hall–Kier alpha value is -1.16. The van der Waals surface area contributed by atoms with Gasteiger partial charge in [0.2, 0.25) is 0 Å². The first-order chi connectivity index (χ1) is 11.2. The average molecular weight is 456 g/mol. The van der Waals surface area contributed by atoms with Crippen molar-refractivity contribution < 1.29 is 41.8 Å². The van der Waals surface area contributed by atoms with E-state index in [4.69, 9.17) is 22.9 Å². The van der Waals surface area contributed by atoms with Crippen molar-refractivity contribution in [2.45, 2.75) is 0 Å². The summed E-state index contributed by atoms with van der Waals surface area (Å²) in [5.74, 6) is -2.46. The second-order valence-electron chi connectivity index (χ2n) is 2.61. The lowest BCUT2D eigenvalue weighted by Crippen LogP contribution is -2.12. The highest BCUT2D eigenvalue weighted by Crippen LogP contribution is 1.77.